The van der Waals surface area contributed by atoms with Crippen molar-refractivity contribution >= 4 is 46.1 Å². The summed E-state index contributed by atoms with van der Waals surface area (Å²) in [6.45, 7) is 0. The van der Waals surface area contributed by atoms with Crippen LogP contribution in [0, 0.1) is 0 Å². The highest BCUT2D eigenvalue weighted by Crippen LogP contribution is 2.25. The zero-order chi connectivity index (χ0) is 17.8. The molecule has 1 aliphatic rings. The van der Waals surface area contributed by atoms with Gasteiger partial charge in [0, 0.05) is 23.8 Å². The van der Waals surface area contributed by atoms with Gasteiger partial charge >= 0.3 is 0 Å². The Hall–Kier alpha value is -1.30. The fraction of sp³-hybridized carbons (Fsp3) is 0.444. The number of carbonyl (C=O) groups is 1. The third-order valence-electron chi connectivity index (χ3n) is 4.43. The number of hydrogen-bond acceptors (Lipinski definition) is 3. The Labute approximate surface area is 161 Å². The number of nitrogens with zero attached hydrogens (tertiary/aromatic N) is 2. The first-order valence-corrected chi connectivity index (χ1v) is 10.1. The highest BCUT2D eigenvalue weighted by atomic mass is 35.5. The topological polar surface area (TPSA) is 46.4 Å². The highest BCUT2D eigenvalue weighted by Gasteiger charge is 2.13. The molecular weight excluding hydrogens is 377 g/mol. The second-order valence-electron chi connectivity index (χ2n) is 6.34. The van der Waals surface area contributed by atoms with Crippen molar-refractivity contribution < 1.29 is 4.79 Å². The van der Waals surface area contributed by atoms with Crippen LogP contribution in [-0.2, 0) is 18.3 Å². The molecule has 134 valence electrons. The summed E-state index contributed by atoms with van der Waals surface area (Å²) < 4.78 is 2.02. The molecule has 0 atom stereocenters. The molecule has 0 bridgehead atoms. The van der Waals surface area contributed by atoms with Crippen LogP contribution in [0.4, 0.5) is 5.69 Å². The normalized spacial score (nSPS) is 16.2. The molecule has 0 saturated heterocycles. The molecule has 1 heterocycles. The van der Waals surface area contributed by atoms with Crippen LogP contribution in [-0.4, -0.2) is 16.5 Å². The molecule has 1 fully saturated rings. The van der Waals surface area contributed by atoms with Crippen LogP contribution in [0.15, 0.2) is 28.6 Å². The van der Waals surface area contributed by atoms with Gasteiger partial charge in [0.15, 0.2) is 4.80 Å². The van der Waals surface area contributed by atoms with E-state index in [0.29, 0.717) is 28.2 Å². The van der Waals surface area contributed by atoms with Crippen LogP contribution >= 0.6 is 34.5 Å². The van der Waals surface area contributed by atoms with Crippen LogP contribution in [0.2, 0.25) is 10.0 Å². The van der Waals surface area contributed by atoms with Crippen LogP contribution in [0.3, 0.4) is 0 Å². The van der Waals surface area contributed by atoms with Gasteiger partial charge < -0.3 is 9.88 Å². The van der Waals surface area contributed by atoms with Gasteiger partial charge in [0.1, 0.15) is 0 Å². The van der Waals surface area contributed by atoms with Gasteiger partial charge in [-0.2, -0.15) is 0 Å². The van der Waals surface area contributed by atoms with E-state index in [1.165, 1.54) is 32.1 Å². The molecule has 1 aliphatic carbocycles. The van der Waals surface area contributed by atoms with Crippen LogP contribution in [0.1, 0.15) is 37.8 Å². The van der Waals surface area contributed by atoms with E-state index in [1.54, 1.807) is 29.5 Å². The minimum absolute atomic E-state index is 0.0870. The maximum Gasteiger partial charge on any atom is 0.230 e. The molecule has 0 radical (unpaired) electrons. The lowest BCUT2D eigenvalue weighted by Gasteiger charge is -2.16. The molecule has 4 nitrogen and oxygen atoms in total. The summed E-state index contributed by atoms with van der Waals surface area (Å²) in [5.41, 5.74) is 1.60. The quantitative estimate of drug-likeness (QED) is 0.790. The van der Waals surface area contributed by atoms with E-state index in [2.05, 4.69) is 5.32 Å². The average molecular weight is 398 g/mol. The first-order valence-electron chi connectivity index (χ1n) is 8.45. The lowest BCUT2D eigenvalue weighted by Crippen LogP contribution is -2.22. The minimum Gasteiger partial charge on any atom is -0.326 e. The number of thiazole rings is 1. The maximum absolute atomic E-state index is 12.3. The van der Waals surface area contributed by atoms with Gasteiger partial charge in [-0.05, 0) is 31.0 Å². The van der Waals surface area contributed by atoms with E-state index < -0.39 is 0 Å². The first kappa shape index (κ1) is 18.5. The van der Waals surface area contributed by atoms with Crippen LogP contribution < -0.4 is 10.1 Å². The molecule has 2 aromatic rings. The third kappa shape index (κ3) is 4.87. The summed E-state index contributed by atoms with van der Waals surface area (Å²) in [4.78, 5) is 18.2. The molecule has 7 heteroatoms. The zero-order valence-electron chi connectivity index (χ0n) is 14.1. The standard InChI is InChI=1S/C18H21Cl2N3OS/c1-23-14(11-25-18(23)22-12-5-3-2-4-6-12)10-17(24)21-13-7-8-15(19)16(20)9-13/h7-9,11-12H,2-6,10H2,1H3,(H,21,24). The van der Waals surface area contributed by atoms with E-state index in [1.807, 2.05) is 17.0 Å². The Morgan fingerprint density at radius 2 is 2.04 bits per heavy atom. The van der Waals surface area contributed by atoms with Crippen molar-refractivity contribution in [3.8, 4) is 0 Å². The molecule has 0 aliphatic heterocycles. The fourth-order valence-electron chi connectivity index (χ4n) is 2.99. The molecule has 1 saturated carbocycles. The molecule has 1 amide bonds. The Kier molecular flexibility index (Phi) is 6.20. The van der Waals surface area contributed by atoms with Crippen molar-refractivity contribution in [3.63, 3.8) is 0 Å². The van der Waals surface area contributed by atoms with Gasteiger partial charge in [0.05, 0.1) is 22.5 Å². The van der Waals surface area contributed by atoms with E-state index in [9.17, 15) is 4.79 Å². The van der Waals surface area contributed by atoms with Gasteiger partial charge in [-0.3, -0.25) is 9.79 Å². The molecule has 1 aromatic heterocycles. The molecule has 0 spiro atoms. The number of carbonyl (C=O) groups excluding carboxylic acids is 1. The summed E-state index contributed by atoms with van der Waals surface area (Å²) in [6.07, 6.45) is 6.50. The summed E-state index contributed by atoms with van der Waals surface area (Å²) in [7, 11) is 1.97. The number of halogens is 2. The largest absolute Gasteiger partial charge is 0.326 e. The van der Waals surface area contributed by atoms with Gasteiger partial charge in [-0.25, -0.2) is 0 Å². The zero-order valence-corrected chi connectivity index (χ0v) is 16.4. The maximum atomic E-state index is 12.3. The minimum atomic E-state index is -0.0870. The smallest absolute Gasteiger partial charge is 0.230 e. The van der Waals surface area contributed by atoms with Crippen LogP contribution in [0.25, 0.3) is 0 Å². The number of hydrogen-bond donors (Lipinski definition) is 1. The van der Waals surface area contributed by atoms with Crippen molar-refractivity contribution in [1.82, 2.24) is 4.57 Å². The second-order valence-corrected chi connectivity index (χ2v) is 7.99. The van der Waals surface area contributed by atoms with Gasteiger partial charge in [-0.15, -0.1) is 11.3 Å². The molecule has 1 N–H and O–H groups in total. The predicted molar refractivity (Wildman–Crippen MR) is 105 cm³/mol. The van der Waals surface area contributed by atoms with Crippen molar-refractivity contribution in [1.29, 1.82) is 0 Å². The predicted octanol–water partition coefficient (Wildman–Crippen LogP) is 4.81. The lowest BCUT2D eigenvalue weighted by atomic mass is 9.96. The van der Waals surface area contributed by atoms with Gasteiger partial charge in [0.2, 0.25) is 5.91 Å². The van der Waals surface area contributed by atoms with Crippen molar-refractivity contribution in [2.75, 3.05) is 5.32 Å². The van der Waals surface area contributed by atoms with Crippen LogP contribution in [0.5, 0.6) is 0 Å². The first-order chi connectivity index (χ1) is 12.0. The van der Waals surface area contributed by atoms with Gasteiger partial charge in [-0.1, -0.05) is 42.5 Å². The summed E-state index contributed by atoms with van der Waals surface area (Å²) in [5.74, 6) is -0.0870. The average Bonchev–Trinajstić information content (AvgIpc) is 2.92. The molecular formula is C18H21Cl2N3OS. The number of amides is 1. The molecule has 1 aromatic carbocycles. The number of benzene rings is 1. The van der Waals surface area contributed by atoms with Gasteiger partial charge in [0.25, 0.3) is 0 Å². The Balaban J connectivity index is 1.67. The number of aromatic nitrogens is 1. The SMILES string of the molecule is Cn1c(CC(=O)Nc2ccc(Cl)c(Cl)c2)csc1=NC1CCCCC1. The Morgan fingerprint density at radius 3 is 2.76 bits per heavy atom. The van der Waals surface area contributed by atoms with E-state index in [-0.39, 0.29) is 5.91 Å². The summed E-state index contributed by atoms with van der Waals surface area (Å²) in [5, 5.41) is 5.76. The number of nitrogens with one attached hydrogen (secondary N) is 1. The van der Waals surface area contributed by atoms with Crippen molar-refractivity contribution in [2.45, 2.75) is 44.6 Å². The summed E-state index contributed by atoms with van der Waals surface area (Å²) >= 11 is 13.5. The fourth-order valence-corrected chi connectivity index (χ4v) is 4.26. The third-order valence-corrected chi connectivity index (χ3v) is 6.15. The molecule has 0 unspecified atom stereocenters. The van der Waals surface area contributed by atoms with E-state index in [4.69, 9.17) is 28.2 Å². The second kappa shape index (κ2) is 8.39. The molecule has 3 rings (SSSR count). The molecule has 25 heavy (non-hydrogen) atoms. The summed E-state index contributed by atoms with van der Waals surface area (Å²) in [6, 6.07) is 5.49. The number of anilines is 1. The van der Waals surface area contributed by atoms with Crippen molar-refractivity contribution in [2.24, 2.45) is 12.0 Å². The van der Waals surface area contributed by atoms with E-state index in [0.717, 1.165) is 10.5 Å². The Morgan fingerprint density at radius 1 is 1.28 bits per heavy atom. The van der Waals surface area contributed by atoms with Crippen molar-refractivity contribution in [3.05, 3.63) is 44.1 Å². The monoisotopic (exact) mass is 397 g/mol. The highest BCUT2D eigenvalue weighted by molar-refractivity contribution is 7.07. The lowest BCUT2D eigenvalue weighted by molar-refractivity contribution is -0.115. The number of rotatable bonds is 4. The Bertz CT molecular complexity index is 822. The van der Waals surface area contributed by atoms with E-state index >= 15 is 0 Å².